The second-order valence-electron chi connectivity index (χ2n) is 2.61. The third-order valence-electron chi connectivity index (χ3n) is 1.60. The van der Waals surface area contributed by atoms with E-state index in [-0.39, 0.29) is 12.7 Å². The van der Waals surface area contributed by atoms with Crippen molar-refractivity contribution in [1.29, 1.82) is 0 Å². The lowest BCUT2D eigenvalue weighted by atomic mass is 10.3. The molecule has 0 radical (unpaired) electrons. The Labute approximate surface area is 70.8 Å². The van der Waals surface area contributed by atoms with E-state index in [1.165, 1.54) is 0 Å². The summed E-state index contributed by atoms with van der Waals surface area (Å²) in [5.41, 5.74) is 0. The number of aliphatic hydroxyl groups excluding tert-OH is 1. The molecule has 0 spiro atoms. The van der Waals surface area contributed by atoms with Crippen LogP contribution in [0.2, 0.25) is 0 Å². The summed E-state index contributed by atoms with van der Waals surface area (Å²) in [5, 5.41) is 15.2. The standard InChI is InChI=1S/C7H13N3O2/c1-5(12-2)3-6-8-7(4-11)10-9-6/h5,11H,3-4H2,1-2H3,(H,8,9,10). The van der Waals surface area contributed by atoms with Crippen molar-refractivity contribution in [2.75, 3.05) is 7.11 Å². The van der Waals surface area contributed by atoms with Crippen LogP contribution in [0.15, 0.2) is 0 Å². The quantitative estimate of drug-likeness (QED) is 0.662. The average molecular weight is 171 g/mol. The summed E-state index contributed by atoms with van der Waals surface area (Å²) in [6.07, 6.45) is 0.764. The van der Waals surface area contributed by atoms with Crippen LogP contribution in [0.1, 0.15) is 18.6 Å². The monoisotopic (exact) mass is 171 g/mol. The first kappa shape index (κ1) is 9.15. The van der Waals surface area contributed by atoms with Gasteiger partial charge in [0.25, 0.3) is 0 Å². The van der Waals surface area contributed by atoms with Crippen LogP contribution in [0.3, 0.4) is 0 Å². The molecule has 0 aliphatic carbocycles. The molecule has 1 unspecified atom stereocenters. The molecule has 1 heterocycles. The maximum atomic E-state index is 8.68. The Morgan fingerprint density at radius 2 is 2.42 bits per heavy atom. The maximum absolute atomic E-state index is 8.68. The number of aliphatic hydroxyl groups is 1. The summed E-state index contributed by atoms with van der Waals surface area (Å²) >= 11 is 0. The fraction of sp³-hybridized carbons (Fsp3) is 0.714. The maximum Gasteiger partial charge on any atom is 0.153 e. The highest BCUT2D eigenvalue weighted by molar-refractivity contribution is 4.90. The van der Waals surface area contributed by atoms with E-state index in [1.807, 2.05) is 6.92 Å². The second-order valence-corrected chi connectivity index (χ2v) is 2.61. The Morgan fingerprint density at radius 3 is 2.92 bits per heavy atom. The fourth-order valence-corrected chi connectivity index (χ4v) is 0.837. The van der Waals surface area contributed by atoms with Crippen molar-refractivity contribution in [3.05, 3.63) is 11.6 Å². The van der Waals surface area contributed by atoms with Crippen molar-refractivity contribution in [3.63, 3.8) is 0 Å². The van der Waals surface area contributed by atoms with Gasteiger partial charge in [-0.3, -0.25) is 5.10 Å². The van der Waals surface area contributed by atoms with Gasteiger partial charge in [0, 0.05) is 13.5 Å². The lowest BCUT2D eigenvalue weighted by molar-refractivity contribution is 0.117. The fourth-order valence-electron chi connectivity index (χ4n) is 0.837. The van der Waals surface area contributed by atoms with E-state index in [4.69, 9.17) is 9.84 Å². The molecule has 0 aromatic carbocycles. The first-order chi connectivity index (χ1) is 5.76. The summed E-state index contributed by atoms with van der Waals surface area (Å²) in [6, 6.07) is 0. The largest absolute Gasteiger partial charge is 0.388 e. The van der Waals surface area contributed by atoms with Crippen LogP contribution in [0, 0.1) is 0 Å². The van der Waals surface area contributed by atoms with E-state index in [0.717, 1.165) is 0 Å². The van der Waals surface area contributed by atoms with Gasteiger partial charge in [0.05, 0.1) is 6.10 Å². The Hall–Kier alpha value is -0.940. The first-order valence-electron chi connectivity index (χ1n) is 3.80. The van der Waals surface area contributed by atoms with Crippen molar-refractivity contribution in [2.45, 2.75) is 26.1 Å². The van der Waals surface area contributed by atoms with Crippen molar-refractivity contribution >= 4 is 0 Å². The van der Waals surface area contributed by atoms with Gasteiger partial charge in [0.1, 0.15) is 12.4 Å². The van der Waals surface area contributed by atoms with E-state index >= 15 is 0 Å². The molecule has 0 aliphatic rings. The molecule has 0 saturated carbocycles. The van der Waals surface area contributed by atoms with E-state index in [0.29, 0.717) is 18.1 Å². The summed E-state index contributed by atoms with van der Waals surface area (Å²) in [7, 11) is 1.64. The van der Waals surface area contributed by atoms with Crippen LogP contribution >= 0.6 is 0 Å². The Balaban J connectivity index is 2.52. The van der Waals surface area contributed by atoms with Gasteiger partial charge in [-0.25, -0.2) is 4.98 Å². The lowest BCUT2D eigenvalue weighted by Crippen LogP contribution is -2.09. The molecule has 1 rings (SSSR count). The average Bonchev–Trinajstić information content (AvgIpc) is 2.52. The molecule has 1 aromatic rings. The third kappa shape index (κ3) is 2.28. The second kappa shape index (κ2) is 4.18. The summed E-state index contributed by atoms with van der Waals surface area (Å²) in [4.78, 5) is 4.02. The van der Waals surface area contributed by atoms with Crippen LogP contribution in [-0.2, 0) is 17.8 Å². The SMILES string of the molecule is COC(C)Cc1n[nH]c(CO)n1. The minimum absolute atomic E-state index is 0.103. The van der Waals surface area contributed by atoms with E-state index < -0.39 is 0 Å². The zero-order chi connectivity index (χ0) is 8.97. The summed E-state index contributed by atoms with van der Waals surface area (Å²) in [5.74, 6) is 1.17. The summed E-state index contributed by atoms with van der Waals surface area (Å²) in [6.45, 7) is 1.84. The number of methoxy groups -OCH3 is 1. The van der Waals surface area contributed by atoms with Crippen molar-refractivity contribution in [3.8, 4) is 0 Å². The number of H-pyrrole nitrogens is 1. The topological polar surface area (TPSA) is 71.0 Å². The highest BCUT2D eigenvalue weighted by atomic mass is 16.5. The van der Waals surface area contributed by atoms with Crippen LogP contribution < -0.4 is 0 Å². The number of ether oxygens (including phenoxy) is 1. The molecule has 12 heavy (non-hydrogen) atoms. The van der Waals surface area contributed by atoms with Gasteiger partial charge in [-0.1, -0.05) is 0 Å². The van der Waals surface area contributed by atoms with Crippen LogP contribution in [0.4, 0.5) is 0 Å². The molecular formula is C7H13N3O2. The molecular weight excluding hydrogens is 158 g/mol. The van der Waals surface area contributed by atoms with E-state index in [9.17, 15) is 0 Å². The number of aromatic nitrogens is 3. The minimum Gasteiger partial charge on any atom is -0.388 e. The van der Waals surface area contributed by atoms with Crippen LogP contribution in [0.5, 0.6) is 0 Å². The van der Waals surface area contributed by atoms with Crippen molar-refractivity contribution < 1.29 is 9.84 Å². The predicted octanol–water partition coefficient (Wildman–Crippen LogP) is -0.126. The Bertz CT molecular complexity index is 236. The molecule has 1 aromatic heterocycles. The van der Waals surface area contributed by atoms with Crippen molar-refractivity contribution in [2.24, 2.45) is 0 Å². The molecule has 5 nitrogen and oxygen atoms in total. The number of nitrogens with zero attached hydrogens (tertiary/aromatic N) is 2. The number of aromatic amines is 1. The zero-order valence-electron chi connectivity index (χ0n) is 7.24. The molecule has 0 bridgehead atoms. The molecule has 0 amide bonds. The normalized spacial score (nSPS) is 13.2. The van der Waals surface area contributed by atoms with Gasteiger partial charge in [-0.2, -0.15) is 5.10 Å². The number of nitrogens with one attached hydrogen (secondary N) is 1. The third-order valence-corrected chi connectivity index (χ3v) is 1.60. The van der Waals surface area contributed by atoms with Crippen molar-refractivity contribution in [1.82, 2.24) is 15.2 Å². The number of hydrogen-bond donors (Lipinski definition) is 2. The smallest absolute Gasteiger partial charge is 0.153 e. The first-order valence-corrected chi connectivity index (χ1v) is 3.80. The van der Waals surface area contributed by atoms with Gasteiger partial charge in [0.15, 0.2) is 5.82 Å². The van der Waals surface area contributed by atoms with Gasteiger partial charge < -0.3 is 9.84 Å². The predicted molar refractivity (Wildman–Crippen MR) is 42.5 cm³/mol. The molecule has 1 atom stereocenters. The van der Waals surface area contributed by atoms with Gasteiger partial charge in [0.2, 0.25) is 0 Å². The van der Waals surface area contributed by atoms with Gasteiger partial charge >= 0.3 is 0 Å². The van der Waals surface area contributed by atoms with Gasteiger partial charge in [-0.05, 0) is 6.92 Å². The van der Waals surface area contributed by atoms with Gasteiger partial charge in [-0.15, -0.1) is 0 Å². The van der Waals surface area contributed by atoms with E-state index in [1.54, 1.807) is 7.11 Å². The zero-order valence-corrected chi connectivity index (χ0v) is 7.24. The van der Waals surface area contributed by atoms with E-state index in [2.05, 4.69) is 15.2 Å². The molecule has 0 fully saturated rings. The molecule has 0 aliphatic heterocycles. The number of rotatable bonds is 4. The Kier molecular flexibility index (Phi) is 3.19. The highest BCUT2D eigenvalue weighted by Crippen LogP contribution is 1.99. The summed E-state index contributed by atoms with van der Waals surface area (Å²) < 4.78 is 5.04. The minimum atomic E-state index is -0.103. The molecule has 68 valence electrons. The lowest BCUT2D eigenvalue weighted by Gasteiger charge is -2.04. The van der Waals surface area contributed by atoms with Crippen LogP contribution in [-0.4, -0.2) is 33.5 Å². The van der Waals surface area contributed by atoms with Crippen LogP contribution in [0.25, 0.3) is 0 Å². The molecule has 5 heteroatoms. The highest BCUT2D eigenvalue weighted by Gasteiger charge is 2.06. The number of hydrogen-bond acceptors (Lipinski definition) is 4. The molecule has 2 N–H and O–H groups in total. The Morgan fingerprint density at radius 1 is 1.67 bits per heavy atom. The molecule has 0 saturated heterocycles.